The van der Waals surface area contributed by atoms with Crippen LogP contribution in [0.3, 0.4) is 0 Å². The molecule has 0 aromatic carbocycles. The Morgan fingerprint density at radius 3 is 2.67 bits per heavy atom. The number of aromatic nitrogens is 1. The van der Waals surface area contributed by atoms with Gasteiger partial charge >= 0.3 is 51.4 Å². The first-order valence-electron chi connectivity index (χ1n) is 3.74. The summed E-state index contributed by atoms with van der Waals surface area (Å²) in [4.78, 5) is 4.14. The summed E-state index contributed by atoms with van der Waals surface area (Å²) in [5, 5.41) is 0. The summed E-state index contributed by atoms with van der Waals surface area (Å²) in [6.07, 6.45) is 3.45. The van der Waals surface area contributed by atoms with E-state index in [9.17, 15) is 0 Å². The number of rotatable bonds is 2. The maximum atomic E-state index is 4.14. The third-order valence-corrected chi connectivity index (χ3v) is 1.63. The summed E-state index contributed by atoms with van der Waals surface area (Å²) in [5.74, 6) is 0.493. The largest absolute Gasteiger partial charge is 1.00 e. The number of hydrogen-bond donors (Lipinski definition) is 0. The molecule has 0 bridgehead atoms. The average Bonchev–Trinajstić information content (AvgIpc) is 2.04. The monoisotopic (exact) mass is 185 g/mol. The maximum absolute atomic E-state index is 4.14. The van der Waals surface area contributed by atoms with Crippen LogP contribution < -0.4 is 51.4 Å². The molecule has 0 fully saturated rings. The number of pyridine rings is 1. The number of nitrogens with zero attached hydrogens (tertiary/aromatic N) is 1. The molecule has 1 aromatic heterocycles. The van der Waals surface area contributed by atoms with Crippen LogP contribution in [0.25, 0.3) is 6.08 Å². The van der Waals surface area contributed by atoms with Gasteiger partial charge in [-0.2, -0.15) is 5.56 Å². The van der Waals surface area contributed by atoms with Crippen molar-refractivity contribution in [3.63, 3.8) is 0 Å². The molecule has 1 aromatic rings. The van der Waals surface area contributed by atoms with Crippen LogP contribution in [0, 0.1) is 6.07 Å². The summed E-state index contributed by atoms with van der Waals surface area (Å²) in [7, 11) is 0. The molecule has 1 rings (SSSR count). The molecule has 0 N–H and O–H groups in total. The summed E-state index contributed by atoms with van der Waals surface area (Å²) >= 11 is 0. The topological polar surface area (TPSA) is 12.9 Å². The van der Waals surface area contributed by atoms with Crippen LogP contribution in [0.1, 0.15) is 31.0 Å². The Bertz CT molecular complexity index is 256. The Morgan fingerprint density at radius 2 is 2.25 bits per heavy atom. The second-order valence-electron chi connectivity index (χ2n) is 2.77. The molecule has 2 heteroatoms. The molecule has 1 heterocycles. The van der Waals surface area contributed by atoms with Gasteiger partial charge in [-0.25, -0.2) is 12.1 Å². The molecule has 12 heavy (non-hydrogen) atoms. The van der Waals surface area contributed by atoms with Crippen molar-refractivity contribution in [1.82, 2.24) is 4.98 Å². The smallest absolute Gasteiger partial charge is 0.296 e. The zero-order valence-corrected chi connectivity index (χ0v) is 11.1. The van der Waals surface area contributed by atoms with Crippen molar-refractivity contribution in [2.75, 3.05) is 0 Å². The summed E-state index contributed by atoms with van der Waals surface area (Å²) in [6, 6.07) is 4.93. The standard InChI is InChI=1S/C10H12N.K/c1-4-10-9(8(2)3)6-5-7-11-10;/h4,6-8H,1H2,2-3H3;/q-1;+1. The quantitative estimate of drug-likeness (QED) is 0.453. The van der Waals surface area contributed by atoms with Crippen molar-refractivity contribution in [2.24, 2.45) is 0 Å². The third kappa shape index (κ3) is 3.11. The van der Waals surface area contributed by atoms with Crippen LogP contribution in [0.5, 0.6) is 0 Å². The first-order valence-corrected chi connectivity index (χ1v) is 3.74. The van der Waals surface area contributed by atoms with Crippen molar-refractivity contribution in [2.45, 2.75) is 19.8 Å². The van der Waals surface area contributed by atoms with Gasteiger partial charge in [-0.15, -0.1) is 0 Å². The molecule has 0 aliphatic heterocycles. The van der Waals surface area contributed by atoms with E-state index >= 15 is 0 Å². The molecule has 0 saturated carbocycles. The van der Waals surface area contributed by atoms with E-state index in [1.165, 1.54) is 5.56 Å². The van der Waals surface area contributed by atoms with E-state index in [0.29, 0.717) is 5.92 Å². The summed E-state index contributed by atoms with van der Waals surface area (Å²) in [6.45, 7) is 7.97. The van der Waals surface area contributed by atoms with Crippen molar-refractivity contribution in [3.05, 3.63) is 36.2 Å². The minimum Gasteiger partial charge on any atom is -0.296 e. The fourth-order valence-corrected chi connectivity index (χ4v) is 1.02. The Labute approximate surface area is 117 Å². The molecular weight excluding hydrogens is 173 g/mol. The SMILES string of the molecule is C=Cc1nc[c-]cc1C(C)C.[K+]. The van der Waals surface area contributed by atoms with Gasteiger partial charge in [-0.05, 0) is 5.69 Å². The van der Waals surface area contributed by atoms with E-state index in [-0.39, 0.29) is 51.4 Å². The molecule has 0 atom stereocenters. The Balaban J connectivity index is 0.00000121. The zero-order valence-electron chi connectivity index (χ0n) is 7.96. The van der Waals surface area contributed by atoms with Crippen molar-refractivity contribution in [1.29, 1.82) is 0 Å². The van der Waals surface area contributed by atoms with Gasteiger partial charge in [0.2, 0.25) is 0 Å². The van der Waals surface area contributed by atoms with Gasteiger partial charge in [0.05, 0.1) is 0 Å². The van der Waals surface area contributed by atoms with Crippen LogP contribution in [-0.2, 0) is 0 Å². The van der Waals surface area contributed by atoms with Gasteiger partial charge in [0.15, 0.2) is 0 Å². The van der Waals surface area contributed by atoms with E-state index in [1.807, 2.05) is 6.07 Å². The van der Waals surface area contributed by atoms with Gasteiger partial charge in [-0.1, -0.05) is 38.6 Å². The van der Waals surface area contributed by atoms with Gasteiger partial charge in [0.25, 0.3) is 0 Å². The fraction of sp³-hybridized carbons (Fsp3) is 0.300. The summed E-state index contributed by atoms with van der Waals surface area (Å²) < 4.78 is 0. The van der Waals surface area contributed by atoms with E-state index in [1.54, 1.807) is 12.3 Å². The third-order valence-electron chi connectivity index (χ3n) is 1.63. The van der Waals surface area contributed by atoms with Crippen LogP contribution in [0.2, 0.25) is 0 Å². The van der Waals surface area contributed by atoms with E-state index in [4.69, 9.17) is 0 Å². The van der Waals surface area contributed by atoms with Gasteiger partial charge in [0, 0.05) is 0 Å². The molecule has 0 unspecified atom stereocenters. The molecule has 0 amide bonds. The van der Waals surface area contributed by atoms with Crippen LogP contribution in [0.4, 0.5) is 0 Å². The molecule has 1 nitrogen and oxygen atoms in total. The normalized spacial score (nSPS) is 9.25. The predicted octanol–water partition coefficient (Wildman–Crippen LogP) is -0.348. The Hall–Kier alpha value is 0.526. The molecule has 58 valence electrons. The second-order valence-corrected chi connectivity index (χ2v) is 2.77. The van der Waals surface area contributed by atoms with Gasteiger partial charge in [-0.3, -0.25) is 4.98 Å². The van der Waals surface area contributed by atoms with Crippen molar-refractivity contribution >= 4 is 6.08 Å². The van der Waals surface area contributed by atoms with E-state index < -0.39 is 0 Å². The molecular formula is C10H12KN. The first-order chi connectivity index (χ1) is 5.25. The Kier molecular flexibility index (Phi) is 6.32. The minimum absolute atomic E-state index is 0. The second kappa shape index (κ2) is 6.05. The van der Waals surface area contributed by atoms with Gasteiger partial charge < -0.3 is 0 Å². The molecule has 0 saturated heterocycles. The molecule has 0 spiro atoms. The van der Waals surface area contributed by atoms with Crippen LogP contribution >= 0.6 is 0 Å². The predicted molar refractivity (Wildman–Crippen MR) is 47.3 cm³/mol. The first kappa shape index (κ1) is 12.5. The molecule has 0 aliphatic rings. The zero-order chi connectivity index (χ0) is 8.27. The Morgan fingerprint density at radius 1 is 1.58 bits per heavy atom. The van der Waals surface area contributed by atoms with Crippen LogP contribution in [0.15, 0.2) is 18.8 Å². The molecule has 0 aliphatic carbocycles. The van der Waals surface area contributed by atoms with Crippen LogP contribution in [-0.4, -0.2) is 4.98 Å². The van der Waals surface area contributed by atoms with E-state index in [2.05, 4.69) is 31.5 Å². The maximum Gasteiger partial charge on any atom is 1.00 e. The van der Waals surface area contributed by atoms with Gasteiger partial charge in [0.1, 0.15) is 0 Å². The van der Waals surface area contributed by atoms with E-state index in [0.717, 1.165) is 5.69 Å². The average molecular weight is 185 g/mol. The minimum atomic E-state index is 0. The molecule has 0 radical (unpaired) electrons. The van der Waals surface area contributed by atoms with Crippen molar-refractivity contribution in [3.8, 4) is 0 Å². The number of hydrogen-bond acceptors (Lipinski definition) is 1. The summed E-state index contributed by atoms with van der Waals surface area (Å²) in [5.41, 5.74) is 2.18. The van der Waals surface area contributed by atoms with Crippen molar-refractivity contribution < 1.29 is 51.4 Å². The fourth-order valence-electron chi connectivity index (χ4n) is 1.02.